The van der Waals surface area contributed by atoms with Crippen LogP contribution in [0.15, 0.2) is 24.3 Å². The van der Waals surface area contributed by atoms with Gasteiger partial charge in [-0.2, -0.15) is 0 Å². The van der Waals surface area contributed by atoms with Crippen molar-refractivity contribution in [1.29, 1.82) is 0 Å². The Bertz CT molecular complexity index is 536. The van der Waals surface area contributed by atoms with Gasteiger partial charge in [0.2, 0.25) is 5.91 Å². The topological polar surface area (TPSA) is 41.6 Å². The Morgan fingerprint density at radius 3 is 2.52 bits per heavy atom. The molecule has 4 heteroatoms. The molecule has 140 valence electrons. The smallest absolute Gasteiger partial charge is 0.220 e. The van der Waals surface area contributed by atoms with Crippen molar-refractivity contribution in [2.24, 2.45) is 5.92 Å². The number of carbonyl (C=O) groups excluding carboxylic acids is 1. The van der Waals surface area contributed by atoms with Crippen LogP contribution in [0, 0.1) is 5.92 Å². The van der Waals surface area contributed by atoms with Gasteiger partial charge in [-0.1, -0.05) is 51.0 Å². The van der Waals surface area contributed by atoms with Crippen molar-refractivity contribution in [2.45, 2.75) is 72.3 Å². The van der Waals surface area contributed by atoms with Gasteiger partial charge in [0.05, 0.1) is 12.2 Å². The molecular formula is C21H34N2O2. The second-order valence-electron chi connectivity index (χ2n) is 7.59. The predicted molar refractivity (Wildman–Crippen MR) is 102 cm³/mol. The van der Waals surface area contributed by atoms with Crippen LogP contribution >= 0.6 is 0 Å². The highest BCUT2D eigenvalue weighted by molar-refractivity contribution is 5.76. The first kappa shape index (κ1) is 19.9. The zero-order valence-electron chi connectivity index (χ0n) is 16.3. The summed E-state index contributed by atoms with van der Waals surface area (Å²) in [5, 5.41) is 3.10. The Balaban J connectivity index is 1.90. The van der Waals surface area contributed by atoms with Gasteiger partial charge in [0.25, 0.3) is 0 Å². The molecule has 1 saturated heterocycles. The highest BCUT2D eigenvalue weighted by Gasteiger charge is 2.22. The van der Waals surface area contributed by atoms with Gasteiger partial charge in [0.1, 0.15) is 0 Å². The number of rotatable bonds is 8. The minimum absolute atomic E-state index is 0.157. The number of ether oxygens (including phenoxy) is 1. The van der Waals surface area contributed by atoms with Crippen LogP contribution in [0.1, 0.15) is 58.1 Å². The Kier molecular flexibility index (Phi) is 7.91. The highest BCUT2D eigenvalue weighted by atomic mass is 16.5. The lowest BCUT2D eigenvalue weighted by Crippen LogP contribution is -2.45. The van der Waals surface area contributed by atoms with Gasteiger partial charge in [-0.3, -0.25) is 9.69 Å². The third-order valence-corrected chi connectivity index (χ3v) is 4.80. The molecule has 3 unspecified atom stereocenters. The minimum Gasteiger partial charge on any atom is -0.373 e. The van der Waals surface area contributed by atoms with Crippen LogP contribution in [-0.2, 0) is 22.6 Å². The van der Waals surface area contributed by atoms with Crippen molar-refractivity contribution >= 4 is 5.91 Å². The van der Waals surface area contributed by atoms with E-state index in [1.54, 1.807) is 0 Å². The number of amides is 1. The molecule has 2 rings (SSSR count). The maximum Gasteiger partial charge on any atom is 0.220 e. The molecule has 3 atom stereocenters. The molecule has 1 aromatic carbocycles. The fourth-order valence-corrected chi connectivity index (χ4v) is 3.72. The molecule has 0 aromatic heterocycles. The largest absolute Gasteiger partial charge is 0.373 e. The van der Waals surface area contributed by atoms with E-state index in [1.807, 2.05) is 0 Å². The van der Waals surface area contributed by atoms with Crippen LogP contribution in [0.3, 0.4) is 0 Å². The van der Waals surface area contributed by atoms with E-state index in [4.69, 9.17) is 4.74 Å². The zero-order chi connectivity index (χ0) is 18.2. The number of nitrogens with zero attached hydrogens (tertiary/aromatic N) is 1. The highest BCUT2D eigenvalue weighted by Crippen LogP contribution is 2.17. The quantitative estimate of drug-likeness (QED) is 0.780. The monoisotopic (exact) mass is 346 g/mol. The summed E-state index contributed by atoms with van der Waals surface area (Å²) in [4.78, 5) is 14.6. The van der Waals surface area contributed by atoms with E-state index >= 15 is 0 Å². The Labute approximate surface area is 152 Å². The number of carbonyl (C=O) groups is 1. The molecule has 1 amide bonds. The van der Waals surface area contributed by atoms with Gasteiger partial charge < -0.3 is 10.1 Å². The van der Waals surface area contributed by atoms with Gasteiger partial charge >= 0.3 is 0 Å². The molecule has 25 heavy (non-hydrogen) atoms. The number of morpholine rings is 1. The standard InChI is InChI=1S/C21H34N2O2/c1-5-8-16(2)11-21(24)22-12-19-9-6-7-10-20(19)15-23-13-17(3)25-18(4)14-23/h6-7,9-10,16-18H,5,8,11-15H2,1-4H3,(H,22,24). The normalized spacial score (nSPS) is 22.6. The van der Waals surface area contributed by atoms with Gasteiger partial charge in [-0.15, -0.1) is 0 Å². The second-order valence-corrected chi connectivity index (χ2v) is 7.59. The van der Waals surface area contributed by atoms with E-state index in [9.17, 15) is 4.79 Å². The Morgan fingerprint density at radius 1 is 1.24 bits per heavy atom. The lowest BCUT2D eigenvalue weighted by atomic mass is 10.0. The molecule has 0 saturated carbocycles. The molecule has 0 bridgehead atoms. The van der Waals surface area contributed by atoms with Crippen molar-refractivity contribution in [3.8, 4) is 0 Å². The lowest BCUT2D eigenvalue weighted by molar-refractivity contribution is -0.122. The summed E-state index contributed by atoms with van der Waals surface area (Å²) in [7, 11) is 0. The molecule has 1 aliphatic rings. The van der Waals surface area contributed by atoms with Crippen LogP contribution in [0.25, 0.3) is 0 Å². The zero-order valence-corrected chi connectivity index (χ0v) is 16.3. The van der Waals surface area contributed by atoms with Crippen molar-refractivity contribution in [2.75, 3.05) is 13.1 Å². The molecule has 1 heterocycles. The fourth-order valence-electron chi connectivity index (χ4n) is 3.72. The number of hydrogen-bond acceptors (Lipinski definition) is 3. The number of benzene rings is 1. The first-order chi connectivity index (χ1) is 12.0. The molecule has 1 aliphatic heterocycles. The second kappa shape index (κ2) is 9.93. The molecule has 0 aliphatic carbocycles. The third-order valence-electron chi connectivity index (χ3n) is 4.80. The van der Waals surface area contributed by atoms with Gasteiger partial charge in [0, 0.05) is 32.6 Å². The first-order valence-electron chi connectivity index (χ1n) is 9.69. The first-order valence-corrected chi connectivity index (χ1v) is 9.69. The molecule has 1 fully saturated rings. The summed E-state index contributed by atoms with van der Waals surface area (Å²) in [6.07, 6.45) is 3.41. The summed E-state index contributed by atoms with van der Waals surface area (Å²) < 4.78 is 5.82. The SMILES string of the molecule is CCCC(C)CC(=O)NCc1ccccc1CN1CC(C)OC(C)C1. The maximum atomic E-state index is 12.2. The van der Waals surface area contributed by atoms with E-state index < -0.39 is 0 Å². The van der Waals surface area contributed by atoms with E-state index in [0.29, 0.717) is 18.9 Å². The van der Waals surface area contributed by atoms with E-state index in [1.165, 1.54) is 11.1 Å². The van der Waals surface area contributed by atoms with Crippen LogP contribution in [-0.4, -0.2) is 36.1 Å². The van der Waals surface area contributed by atoms with Crippen LogP contribution in [0.4, 0.5) is 0 Å². The Hall–Kier alpha value is -1.39. The minimum atomic E-state index is 0.157. The average molecular weight is 347 g/mol. The van der Waals surface area contributed by atoms with Crippen molar-refractivity contribution in [1.82, 2.24) is 10.2 Å². The average Bonchev–Trinajstić information content (AvgIpc) is 2.53. The van der Waals surface area contributed by atoms with Gasteiger partial charge in [-0.05, 0) is 30.9 Å². The predicted octanol–water partition coefficient (Wildman–Crippen LogP) is 3.74. The molecule has 0 radical (unpaired) electrons. The summed E-state index contributed by atoms with van der Waals surface area (Å²) >= 11 is 0. The van der Waals surface area contributed by atoms with E-state index in [2.05, 4.69) is 62.2 Å². The third kappa shape index (κ3) is 6.79. The number of hydrogen-bond donors (Lipinski definition) is 1. The van der Waals surface area contributed by atoms with Crippen LogP contribution in [0.2, 0.25) is 0 Å². The van der Waals surface area contributed by atoms with Crippen molar-refractivity contribution in [3.63, 3.8) is 0 Å². The molecular weight excluding hydrogens is 312 g/mol. The lowest BCUT2D eigenvalue weighted by Gasteiger charge is -2.35. The molecule has 1 aromatic rings. The maximum absolute atomic E-state index is 12.2. The van der Waals surface area contributed by atoms with Crippen LogP contribution < -0.4 is 5.32 Å². The summed E-state index contributed by atoms with van der Waals surface area (Å²) in [6, 6.07) is 8.43. The van der Waals surface area contributed by atoms with Crippen molar-refractivity contribution < 1.29 is 9.53 Å². The fraction of sp³-hybridized carbons (Fsp3) is 0.667. The molecule has 0 spiro atoms. The molecule has 1 N–H and O–H groups in total. The van der Waals surface area contributed by atoms with Gasteiger partial charge in [-0.25, -0.2) is 0 Å². The Morgan fingerprint density at radius 2 is 1.88 bits per heavy atom. The summed E-state index contributed by atoms with van der Waals surface area (Å²) in [5.41, 5.74) is 2.51. The summed E-state index contributed by atoms with van der Waals surface area (Å²) in [6.45, 7) is 12.0. The van der Waals surface area contributed by atoms with E-state index in [-0.39, 0.29) is 18.1 Å². The molecule has 4 nitrogen and oxygen atoms in total. The van der Waals surface area contributed by atoms with Gasteiger partial charge in [0.15, 0.2) is 0 Å². The van der Waals surface area contributed by atoms with E-state index in [0.717, 1.165) is 32.5 Å². The summed E-state index contributed by atoms with van der Waals surface area (Å²) in [5.74, 6) is 0.612. The van der Waals surface area contributed by atoms with Crippen molar-refractivity contribution in [3.05, 3.63) is 35.4 Å². The number of nitrogens with one attached hydrogen (secondary N) is 1. The van der Waals surface area contributed by atoms with Crippen LogP contribution in [0.5, 0.6) is 0 Å².